The van der Waals surface area contributed by atoms with Gasteiger partial charge in [-0.05, 0) is 12.0 Å². The van der Waals surface area contributed by atoms with Crippen molar-refractivity contribution in [2.24, 2.45) is 5.92 Å². The van der Waals surface area contributed by atoms with E-state index in [1.54, 1.807) is 0 Å². The Labute approximate surface area is 166 Å². The van der Waals surface area contributed by atoms with Crippen LogP contribution in [0, 0.1) is 5.92 Å². The minimum Gasteiger partial charge on any atom is -0.297 e. The fraction of sp³-hybridized carbons (Fsp3) is 0.708. The number of carbonyl (C=O) groups is 1. The lowest BCUT2D eigenvalue weighted by Crippen LogP contribution is -2.16. The van der Waals surface area contributed by atoms with Crippen LogP contribution in [0.15, 0.2) is 30.3 Å². The van der Waals surface area contributed by atoms with Crippen LogP contribution in [-0.4, -0.2) is 5.78 Å². The predicted octanol–water partition coefficient (Wildman–Crippen LogP) is 8.26. The number of unbranched alkanes of at least 4 members (excludes halogenated alkanes) is 11. The standard InChI is InChI=1S/C24H39ClO/c1-3-4-5-6-7-8-9-10-11-12-13-15-18-21(2)24(26)23(25)22-19-16-14-17-20-22/h14,16-17,19-21,23H,3-13,15,18H2,1-2H3. The van der Waals surface area contributed by atoms with Crippen molar-refractivity contribution in [1.82, 2.24) is 0 Å². The number of hydrogen-bond acceptors (Lipinski definition) is 1. The Morgan fingerprint density at radius 2 is 1.27 bits per heavy atom. The van der Waals surface area contributed by atoms with Crippen LogP contribution < -0.4 is 0 Å². The lowest BCUT2D eigenvalue weighted by atomic mass is 9.93. The third-order valence-electron chi connectivity index (χ3n) is 5.32. The van der Waals surface area contributed by atoms with Crippen molar-refractivity contribution in [1.29, 1.82) is 0 Å². The summed E-state index contributed by atoms with van der Waals surface area (Å²) in [4.78, 5) is 12.4. The second kappa shape index (κ2) is 15.3. The van der Waals surface area contributed by atoms with Crippen LogP contribution in [-0.2, 0) is 4.79 Å². The van der Waals surface area contributed by atoms with Crippen molar-refractivity contribution in [3.05, 3.63) is 35.9 Å². The molecule has 2 heteroatoms. The SMILES string of the molecule is CCCCCCCCCCCCCCC(C)C(=O)C(Cl)c1ccccc1. The summed E-state index contributed by atoms with van der Waals surface area (Å²) in [5, 5.41) is -0.497. The van der Waals surface area contributed by atoms with Gasteiger partial charge in [0, 0.05) is 5.92 Å². The number of hydrogen-bond donors (Lipinski definition) is 0. The summed E-state index contributed by atoms with van der Waals surface area (Å²) >= 11 is 6.35. The number of ketones is 1. The van der Waals surface area contributed by atoms with Crippen LogP contribution >= 0.6 is 11.6 Å². The molecule has 0 aromatic heterocycles. The average Bonchev–Trinajstić information content (AvgIpc) is 2.68. The summed E-state index contributed by atoms with van der Waals surface area (Å²) < 4.78 is 0. The number of rotatable bonds is 16. The maximum atomic E-state index is 12.4. The molecule has 0 N–H and O–H groups in total. The molecule has 0 radical (unpaired) electrons. The van der Waals surface area contributed by atoms with Gasteiger partial charge in [-0.1, -0.05) is 121 Å². The van der Waals surface area contributed by atoms with Gasteiger partial charge in [0.2, 0.25) is 0 Å². The summed E-state index contributed by atoms with van der Waals surface area (Å²) in [6.45, 7) is 4.30. The first kappa shape index (κ1) is 23.2. The molecule has 0 amide bonds. The summed E-state index contributed by atoms with van der Waals surface area (Å²) in [5.41, 5.74) is 0.917. The Balaban J connectivity index is 1.99. The van der Waals surface area contributed by atoms with Gasteiger partial charge in [0.25, 0.3) is 0 Å². The Hall–Kier alpha value is -0.820. The molecule has 1 rings (SSSR count). The van der Waals surface area contributed by atoms with Crippen LogP contribution in [0.3, 0.4) is 0 Å². The van der Waals surface area contributed by atoms with Crippen molar-refractivity contribution in [2.75, 3.05) is 0 Å². The van der Waals surface area contributed by atoms with Gasteiger partial charge >= 0.3 is 0 Å². The molecule has 0 bridgehead atoms. The Morgan fingerprint density at radius 3 is 1.77 bits per heavy atom. The zero-order valence-corrected chi connectivity index (χ0v) is 17.8. The van der Waals surface area contributed by atoms with Crippen LogP contribution in [0.5, 0.6) is 0 Å². The highest BCUT2D eigenvalue weighted by Crippen LogP contribution is 2.26. The highest BCUT2D eigenvalue weighted by Gasteiger charge is 2.22. The zero-order valence-electron chi connectivity index (χ0n) is 17.0. The molecule has 0 aliphatic carbocycles. The smallest absolute Gasteiger partial charge is 0.157 e. The van der Waals surface area contributed by atoms with Gasteiger partial charge in [-0.3, -0.25) is 4.79 Å². The average molecular weight is 379 g/mol. The molecule has 148 valence electrons. The summed E-state index contributed by atoms with van der Waals surface area (Å²) in [6.07, 6.45) is 17.2. The lowest BCUT2D eigenvalue weighted by Gasteiger charge is -2.15. The number of alkyl halides is 1. The number of halogens is 1. The van der Waals surface area contributed by atoms with Gasteiger partial charge in [0.05, 0.1) is 0 Å². The summed E-state index contributed by atoms with van der Waals surface area (Å²) in [6, 6.07) is 9.70. The molecule has 0 saturated carbocycles. The highest BCUT2D eigenvalue weighted by molar-refractivity contribution is 6.31. The van der Waals surface area contributed by atoms with Gasteiger partial charge in [-0.2, -0.15) is 0 Å². The van der Waals surface area contributed by atoms with Crippen molar-refractivity contribution in [3.8, 4) is 0 Å². The summed E-state index contributed by atoms with van der Waals surface area (Å²) in [7, 11) is 0. The second-order valence-electron chi connectivity index (χ2n) is 7.75. The molecule has 2 atom stereocenters. The van der Waals surface area contributed by atoms with Gasteiger partial charge in [-0.15, -0.1) is 11.6 Å². The van der Waals surface area contributed by atoms with E-state index in [0.29, 0.717) is 0 Å². The first-order chi connectivity index (χ1) is 12.7. The van der Waals surface area contributed by atoms with Crippen LogP contribution in [0.25, 0.3) is 0 Å². The first-order valence-electron chi connectivity index (χ1n) is 10.9. The van der Waals surface area contributed by atoms with Gasteiger partial charge in [0.1, 0.15) is 5.38 Å². The highest BCUT2D eigenvalue weighted by atomic mass is 35.5. The van der Waals surface area contributed by atoms with Gasteiger partial charge < -0.3 is 0 Å². The minimum absolute atomic E-state index is 0.0563. The molecule has 0 saturated heterocycles. The van der Waals surface area contributed by atoms with Gasteiger partial charge in [0.15, 0.2) is 5.78 Å². The van der Waals surface area contributed by atoms with E-state index in [0.717, 1.165) is 18.4 Å². The molecule has 0 fully saturated rings. The molecule has 1 aromatic carbocycles. The molecule has 26 heavy (non-hydrogen) atoms. The lowest BCUT2D eigenvalue weighted by molar-refractivity contribution is -0.122. The third-order valence-corrected chi connectivity index (χ3v) is 5.79. The molecule has 1 aromatic rings. The number of carbonyl (C=O) groups excluding carboxylic acids is 1. The van der Waals surface area contributed by atoms with E-state index in [2.05, 4.69) is 6.92 Å². The van der Waals surface area contributed by atoms with E-state index in [1.165, 1.54) is 70.6 Å². The normalized spacial score (nSPS) is 13.5. The molecular formula is C24H39ClO. The predicted molar refractivity (Wildman–Crippen MR) is 115 cm³/mol. The van der Waals surface area contributed by atoms with E-state index in [1.807, 2.05) is 37.3 Å². The molecular weight excluding hydrogens is 340 g/mol. The monoisotopic (exact) mass is 378 g/mol. The molecule has 2 unspecified atom stereocenters. The van der Waals surface area contributed by atoms with Crippen molar-refractivity contribution >= 4 is 17.4 Å². The Bertz CT molecular complexity index is 457. The number of Topliss-reactive ketones (excluding diaryl/α,β-unsaturated/α-hetero) is 1. The first-order valence-corrected chi connectivity index (χ1v) is 11.3. The van der Waals surface area contributed by atoms with E-state index in [9.17, 15) is 4.79 Å². The molecule has 0 heterocycles. The summed E-state index contributed by atoms with van der Waals surface area (Å²) in [5.74, 6) is 0.224. The van der Waals surface area contributed by atoms with Crippen molar-refractivity contribution < 1.29 is 4.79 Å². The maximum Gasteiger partial charge on any atom is 0.157 e. The van der Waals surface area contributed by atoms with E-state index >= 15 is 0 Å². The number of benzene rings is 1. The van der Waals surface area contributed by atoms with E-state index in [4.69, 9.17) is 11.6 Å². The van der Waals surface area contributed by atoms with Crippen LogP contribution in [0.1, 0.15) is 108 Å². The Kier molecular flexibility index (Phi) is 13.6. The third kappa shape index (κ3) is 10.4. The van der Waals surface area contributed by atoms with Crippen molar-refractivity contribution in [2.45, 2.75) is 103 Å². The molecule has 0 spiro atoms. The fourth-order valence-electron chi connectivity index (χ4n) is 3.47. The maximum absolute atomic E-state index is 12.4. The second-order valence-corrected chi connectivity index (χ2v) is 8.19. The Morgan fingerprint density at radius 1 is 0.808 bits per heavy atom. The minimum atomic E-state index is -0.497. The van der Waals surface area contributed by atoms with Crippen molar-refractivity contribution in [3.63, 3.8) is 0 Å². The zero-order chi connectivity index (χ0) is 19.0. The largest absolute Gasteiger partial charge is 0.297 e. The quantitative estimate of drug-likeness (QED) is 0.209. The molecule has 1 nitrogen and oxygen atoms in total. The topological polar surface area (TPSA) is 17.1 Å². The fourth-order valence-corrected chi connectivity index (χ4v) is 3.83. The van der Waals surface area contributed by atoms with E-state index in [-0.39, 0.29) is 11.7 Å². The molecule has 0 aliphatic heterocycles. The van der Waals surface area contributed by atoms with Crippen LogP contribution in [0.4, 0.5) is 0 Å². The van der Waals surface area contributed by atoms with Crippen LogP contribution in [0.2, 0.25) is 0 Å². The van der Waals surface area contributed by atoms with Gasteiger partial charge in [-0.25, -0.2) is 0 Å². The molecule has 0 aliphatic rings. The van der Waals surface area contributed by atoms with E-state index < -0.39 is 5.38 Å².